The van der Waals surface area contributed by atoms with Gasteiger partial charge in [-0.1, -0.05) is 18.3 Å². The summed E-state index contributed by atoms with van der Waals surface area (Å²) in [6, 6.07) is 7.11. The van der Waals surface area contributed by atoms with Gasteiger partial charge in [0.1, 0.15) is 28.6 Å². The fourth-order valence-electron chi connectivity index (χ4n) is 5.64. The number of nitriles is 1. The molecule has 1 aromatic carbocycles. The van der Waals surface area contributed by atoms with Gasteiger partial charge in [-0.25, -0.2) is 19.3 Å². The number of aliphatic hydroxyl groups is 1. The van der Waals surface area contributed by atoms with E-state index in [0.29, 0.717) is 32.9 Å². The number of aliphatic hydroxyl groups excluding tert-OH is 1. The van der Waals surface area contributed by atoms with E-state index < -0.39 is 24.2 Å². The summed E-state index contributed by atoms with van der Waals surface area (Å²) in [5.74, 6) is -1.39. The Balaban J connectivity index is 1.22. The number of aliphatic imine (C=N–C) groups is 1. The summed E-state index contributed by atoms with van der Waals surface area (Å²) in [4.78, 5) is 55.3. The number of thiazole rings is 1. The van der Waals surface area contributed by atoms with Gasteiger partial charge in [-0.2, -0.15) is 5.26 Å². The van der Waals surface area contributed by atoms with E-state index >= 15 is 0 Å². The topological polar surface area (TPSA) is 149 Å². The molecule has 0 spiro atoms. The number of carbonyl (C=O) groups excluding carboxylic acids is 3. The highest BCUT2D eigenvalue weighted by atomic mass is 32.2. The van der Waals surface area contributed by atoms with Crippen LogP contribution in [0.1, 0.15) is 31.1 Å². The van der Waals surface area contributed by atoms with Gasteiger partial charge in [0.05, 0.1) is 24.7 Å². The van der Waals surface area contributed by atoms with Crippen molar-refractivity contribution in [2.75, 3.05) is 38.6 Å². The second-order valence-electron chi connectivity index (χ2n) is 11.0. The molecule has 0 bridgehead atoms. The van der Waals surface area contributed by atoms with Gasteiger partial charge in [0.15, 0.2) is 10.3 Å². The second-order valence-corrected chi connectivity index (χ2v) is 12.9. The van der Waals surface area contributed by atoms with Crippen LogP contribution in [0.5, 0.6) is 0 Å². The minimum absolute atomic E-state index is 0.00688. The number of fused-ring (bicyclic) bond motifs is 1. The molecule has 230 valence electrons. The molecule has 0 radical (unpaired) electrons. The van der Waals surface area contributed by atoms with Crippen molar-refractivity contribution in [1.29, 1.82) is 5.26 Å². The lowest BCUT2D eigenvalue weighted by atomic mass is 10.0. The summed E-state index contributed by atoms with van der Waals surface area (Å²) in [6.07, 6.45) is 0.134. The molecule has 1 aromatic heterocycles. The van der Waals surface area contributed by atoms with E-state index in [2.05, 4.69) is 6.07 Å². The van der Waals surface area contributed by atoms with Gasteiger partial charge in [0, 0.05) is 32.1 Å². The Morgan fingerprint density at radius 3 is 2.59 bits per heavy atom. The number of hydrazone groups is 1. The van der Waals surface area contributed by atoms with Crippen molar-refractivity contribution >= 4 is 56.3 Å². The highest BCUT2D eigenvalue weighted by Gasteiger charge is 2.48. The number of likely N-dealkylation sites (tertiary alicyclic amines) is 2. The van der Waals surface area contributed by atoms with Crippen LogP contribution in [0.3, 0.4) is 0 Å². The first kappa shape index (κ1) is 30.1. The molecular formula is C28H30FN9O4S2. The molecule has 16 heteroatoms. The second kappa shape index (κ2) is 11.9. The number of benzene rings is 1. The zero-order chi connectivity index (χ0) is 31.3. The zero-order valence-corrected chi connectivity index (χ0v) is 25.9. The smallest absolute Gasteiger partial charge is 0.252 e. The molecule has 13 nitrogen and oxygen atoms in total. The number of carbonyl (C=O) groups is 3. The van der Waals surface area contributed by atoms with Crippen LogP contribution in [0, 0.1) is 17.1 Å². The van der Waals surface area contributed by atoms with E-state index in [1.54, 1.807) is 29.1 Å². The molecule has 4 aliphatic rings. The lowest BCUT2D eigenvalue weighted by molar-refractivity contribution is -0.149. The number of hydrogen-bond donors (Lipinski definition) is 1. The monoisotopic (exact) mass is 639 g/mol. The fourth-order valence-corrected chi connectivity index (χ4v) is 7.52. The standard InChI is InChI=1S/C28H30FN9O4S2/c1-4-18-24(35(3)26-32-23(20(11-30)43-26)15-5-7-16(29)8-6-15)38-27(31-18)44-28(33-38)37-21(40)10-9-19(25(37)42)34(2)14-22(41)36-12-17(39)13-36/h5-8,17-19,24,39H,4,9-10,12-14H2,1-3H3. The number of halogens is 1. The lowest BCUT2D eigenvalue weighted by Crippen LogP contribution is -2.59. The largest absolute Gasteiger partial charge is 0.389 e. The Labute approximate surface area is 261 Å². The average molecular weight is 640 g/mol. The van der Waals surface area contributed by atoms with E-state index in [1.807, 2.05) is 18.9 Å². The van der Waals surface area contributed by atoms with Crippen LogP contribution in [0.2, 0.25) is 0 Å². The van der Waals surface area contributed by atoms with E-state index in [1.165, 1.54) is 28.4 Å². The minimum atomic E-state index is -0.685. The van der Waals surface area contributed by atoms with E-state index in [9.17, 15) is 29.1 Å². The van der Waals surface area contributed by atoms with Crippen LogP contribution >= 0.6 is 23.1 Å². The third kappa shape index (κ3) is 5.34. The van der Waals surface area contributed by atoms with Gasteiger partial charge < -0.3 is 14.9 Å². The molecule has 0 aliphatic carbocycles. The third-order valence-electron chi connectivity index (χ3n) is 8.10. The highest BCUT2D eigenvalue weighted by Crippen LogP contribution is 2.39. The molecule has 5 heterocycles. The Kier molecular flexibility index (Phi) is 8.14. The maximum Gasteiger partial charge on any atom is 0.252 e. The predicted octanol–water partition coefficient (Wildman–Crippen LogP) is 1.70. The Bertz CT molecular complexity index is 1600. The quantitative estimate of drug-likeness (QED) is 0.444. The van der Waals surface area contributed by atoms with Crippen molar-refractivity contribution in [3.63, 3.8) is 0 Å². The number of nitrogens with zero attached hydrogens (tertiary/aromatic N) is 9. The molecule has 0 saturated carbocycles. The molecule has 3 atom stereocenters. The van der Waals surface area contributed by atoms with Crippen LogP contribution < -0.4 is 4.90 Å². The molecule has 2 fully saturated rings. The van der Waals surface area contributed by atoms with Crippen LogP contribution in [-0.2, 0) is 14.4 Å². The normalized spacial score (nSPS) is 23.5. The number of thioether (sulfide) groups is 1. The number of β-amino-alcohol motifs (C(OH)–C–C–N with tert-alkyl or cyclic N) is 1. The SMILES string of the molecule is CCC1N=C2SC(N3C(=O)CCC(N(C)CC(=O)N4CC(O)C4)C3=O)=NN2C1N(C)c1nc(-c2ccc(F)cc2)c(C#N)s1. The summed E-state index contributed by atoms with van der Waals surface area (Å²) >= 11 is 2.35. The minimum Gasteiger partial charge on any atom is -0.389 e. The fraction of sp³-hybridized carbons (Fsp3) is 0.464. The maximum atomic E-state index is 13.6. The maximum absolute atomic E-state index is 13.6. The first-order valence-electron chi connectivity index (χ1n) is 14.2. The summed E-state index contributed by atoms with van der Waals surface area (Å²) < 4.78 is 13.5. The van der Waals surface area contributed by atoms with Crippen LogP contribution in [-0.4, -0.2) is 116 Å². The summed E-state index contributed by atoms with van der Waals surface area (Å²) in [5, 5.41) is 27.0. The molecule has 2 saturated heterocycles. The molecule has 4 aliphatic heterocycles. The molecule has 3 amide bonds. The van der Waals surface area contributed by atoms with Crippen LogP contribution in [0.15, 0.2) is 34.4 Å². The number of piperidine rings is 1. The molecule has 1 N–H and O–H groups in total. The van der Waals surface area contributed by atoms with Gasteiger partial charge in [-0.3, -0.25) is 24.3 Å². The van der Waals surface area contributed by atoms with Gasteiger partial charge >= 0.3 is 0 Å². The van der Waals surface area contributed by atoms with Crippen molar-refractivity contribution in [3.8, 4) is 17.3 Å². The molecule has 44 heavy (non-hydrogen) atoms. The van der Waals surface area contributed by atoms with Gasteiger partial charge in [0.2, 0.25) is 17.0 Å². The third-order valence-corrected chi connectivity index (χ3v) is 10.1. The van der Waals surface area contributed by atoms with E-state index in [-0.39, 0.29) is 61.3 Å². The first-order valence-corrected chi connectivity index (χ1v) is 15.8. The molecule has 3 unspecified atom stereocenters. The summed E-state index contributed by atoms with van der Waals surface area (Å²) in [7, 11) is 3.51. The number of amidine groups is 2. The van der Waals surface area contributed by atoms with E-state index in [4.69, 9.17) is 15.1 Å². The summed E-state index contributed by atoms with van der Waals surface area (Å²) in [6.45, 7) is 2.55. The number of rotatable bonds is 7. The summed E-state index contributed by atoms with van der Waals surface area (Å²) in [5.41, 5.74) is 1.08. The predicted molar refractivity (Wildman–Crippen MR) is 163 cm³/mol. The van der Waals surface area contributed by atoms with Crippen molar-refractivity contribution < 1.29 is 23.9 Å². The highest BCUT2D eigenvalue weighted by molar-refractivity contribution is 8.26. The van der Waals surface area contributed by atoms with Gasteiger partial charge in [0.25, 0.3) is 5.91 Å². The van der Waals surface area contributed by atoms with Crippen LogP contribution in [0.25, 0.3) is 11.3 Å². The molecule has 2 aromatic rings. The molecular weight excluding hydrogens is 609 g/mol. The number of amides is 3. The molecule has 6 rings (SSSR count). The Hall–Kier alpha value is -3.91. The first-order chi connectivity index (χ1) is 21.1. The van der Waals surface area contributed by atoms with Crippen molar-refractivity contribution in [1.82, 2.24) is 24.7 Å². The number of likely N-dealkylation sites (N-methyl/N-ethyl adjacent to an activating group) is 2. The van der Waals surface area contributed by atoms with Crippen LogP contribution in [0.4, 0.5) is 9.52 Å². The number of anilines is 1. The number of imide groups is 1. The zero-order valence-electron chi connectivity index (χ0n) is 24.3. The number of aromatic nitrogens is 1. The van der Waals surface area contributed by atoms with Gasteiger partial charge in [-0.05, 0) is 55.9 Å². The van der Waals surface area contributed by atoms with Gasteiger partial charge in [-0.15, -0.1) is 5.10 Å². The van der Waals surface area contributed by atoms with Crippen molar-refractivity contribution in [2.24, 2.45) is 10.1 Å². The number of hydrogen-bond acceptors (Lipinski definition) is 13. The average Bonchev–Trinajstić information content (AvgIpc) is 3.68. The van der Waals surface area contributed by atoms with Crippen molar-refractivity contribution in [3.05, 3.63) is 35.0 Å². The Morgan fingerprint density at radius 1 is 1.20 bits per heavy atom. The van der Waals surface area contributed by atoms with E-state index in [0.717, 1.165) is 16.7 Å². The Morgan fingerprint density at radius 2 is 1.93 bits per heavy atom. The van der Waals surface area contributed by atoms with Crippen molar-refractivity contribution in [2.45, 2.75) is 50.5 Å². The lowest BCUT2D eigenvalue weighted by Gasteiger charge is -2.39.